The Labute approximate surface area is 220 Å². The molecule has 0 aliphatic carbocycles. The van der Waals surface area contributed by atoms with E-state index < -0.39 is 5.97 Å². The molecule has 0 spiro atoms. The maximum Gasteiger partial charge on any atom is 0.345 e. The molecular formula is C23H15BrClN7O3S. The number of imidazole rings is 1. The third kappa shape index (κ3) is 3.77. The Bertz CT molecular complexity index is 1690. The molecule has 5 heterocycles. The number of nitrogens with zero attached hydrogens (tertiary/aromatic N) is 6. The zero-order valence-electron chi connectivity index (χ0n) is 18.2. The molecule has 0 bridgehead atoms. The summed E-state index contributed by atoms with van der Waals surface area (Å²) in [6.45, 7) is 0. The standard InChI is InChI=1S/C23H15BrClN7O3S/c24-21-14(13-6-12(25)1-2-16(13)31-10-27-29-30-31)7-20(33)32-17(21)3-4-18(32)22-26-8-15(28-22)11-5-19(23(34)35)36-9-11/h1-2,5-10,18H,3-4H2,(H,26,28)(H,34,35)/t18-/m0/s1. The van der Waals surface area contributed by atoms with E-state index in [1.807, 2.05) is 0 Å². The van der Waals surface area contributed by atoms with Crippen molar-refractivity contribution in [2.45, 2.75) is 18.9 Å². The van der Waals surface area contributed by atoms with Crippen LogP contribution < -0.4 is 5.56 Å². The van der Waals surface area contributed by atoms with Crippen molar-refractivity contribution in [3.05, 3.63) is 84.5 Å². The first-order chi connectivity index (χ1) is 17.4. The van der Waals surface area contributed by atoms with Gasteiger partial charge in [-0.05, 0) is 63.5 Å². The van der Waals surface area contributed by atoms with Gasteiger partial charge < -0.3 is 14.7 Å². The van der Waals surface area contributed by atoms with Crippen molar-refractivity contribution < 1.29 is 9.90 Å². The number of pyridine rings is 1. The molecule has 1 atom stereocenters. The fourth-order valence-corrected chi connectivity index (χ4v) is 6.15. The number of hydrogen-bond donors (Lipinski definition) is 2. The van der Waals surface area contributed by atoms with Crippen LogP contribution in [0.25, 0.3) is 28.1 Å². The Morgan fingerprint density at radius 2 is 2.11 bits per heavy atom. The molecule has 6 rings (SSSR count). The smallest absolute Gasteiger partial charge is 0.345 e. The average molecular weight is 585 g/mol. The highest BCUT2D eigenvalue weighted by Gasteiger charge is 2.31. The number of tetrazole rings is 1. The normalized spacial score (nSPS) is 14.8. The fraction of sp³-hybridized carbons (Fsp3) is 0.130. The summed E-state index contributed by atoms with van der Waals surface area (Å²) in [5.74, 6) is -0.323. The van der Waals surface area contributed by atoms with E-state index in [0.29, 0.717) is 40.6 Å². The largest absolute Gasteiger partial charge is 0.477 e. The van der Waals surface area contributed by atoms with Gasteiger partial charge in [-0.15, -0.1) is 16.4 Å². The number of nitrogens with one attached hydrogen (secondary N) is 1. The number of aromatic carboxylic acids is 1. The quantitative estimate of drug-likeness (QED) is 0.309. The summed E-state index contributed by atoms with van der Waals surface area (Å²) < 4.78 is 4.06. The number of carboxylic acids is 1. The van der Waals surface area contributed by atoms with E-state index in [0.717, 1.165) is 32.6 Å². The highest BCUT2D eigenvalue weighted by molar-refractivity contribution is 9.10. The van der Waals surface area contributed by atoms with Crippen LogP contribution >= 0.6 is 38.9 Å². The molecule has 0 amide bonds. The Hall–Kier alpha value is -3.61. The molecule has 1 aliphatic rings. The topological polar surface area (TPSA) is 132 Å². The van der Waals surface area contributed by atoms with Crippen LogP contribution in [-0.4, -0.2) is 45.8 Å². The van der Waals surface area contributed by atoms with E-state index in [-0.39, 0.29) is 16.5 Å². The van der Waals surface area contributed by atoms with Gasteiger partial charge in [0.2, 0.25) is 0 Å². The number of hydrogen-bond acceptors (Lipinski definition) is 7. The molecule has 0 saturated heterocycles. The van der Waals surface area contributed by atoms with E-state index in [4.69, 9.17) is 11.6 Å². The minimum atomic E-state index is -0.967. The lowest BCUT2D eigenvalue weighted by molar-refractivity contribution is 0.0702. The number of thiophene rings is 1. The van der Waals surface area contributed by atoms with Crippen molar-refractivity contribution in [1.82, 2.24) is 34.7 Å². The molecule has 1 aromatic carbocycles. The highest BCUT2D eigenvalue weighted by atomic mass is 79.9. The van der Waals surface area contributed by atoms with Crippen molar-refractivity contribution >= 4 is 44.8 Å². The van der Waals surface area contributed by atoms with Crippen LogP contribution in [0.15, 0.2) is 57.5 Å². The molecule has 4 aromatic heterocycles. The Kier molecular flexibility index (Phi) is 5.58. The zero-order valence-corrected chi connectivity index (χ0v) is 21.4. The van der Waals surface area contributed by atoms with Gasteiger partial charge in [-0.3, -0.25) is 4.79 Å². The minimum Gasteiger partial charge on any atom is -0.477 e. The summed E-state index contributed by atoms with van der Waals surface area (Å²) in [5, 5.41) is 22.9. The van der Waals surface area contributed by atoms with Crippen LogP contribution in [0.3, 0.4) is 0 Å². The number of carboxylic acid groups (broad SMARTS) is 1. The number of fused-ring (bicyclic) bond motifs is 1. The van der Waals surface area contributed by atoms with Crippen molar-refractivity contribution in [3.63, 3.8) is 0 Å². The van der Waals surface area contributed by atoms with Gasteiger partial charge in [-0.2, -0.15) is 4.68 Å². The summed E-state index contributed by atoms with van der Waals surface area (Å²) in [6, 6.07) is 8.24. The van der Waals surface area contributed by atoms with Gasteiger partial charge in [0.1, 0.15) is 17.0 Å². The molecule has 0 fully saturated rings. The molecule has 0 saturated carbocycles. The summed E-state index contributed by atoms with van der Waals surface area (Å²) in [6.07, 6.45) is 4.49. The molecular weight excluding hydrogens is 570 g/mol. The van der Waals surface area contributed by atoms with Gasteiger partial charge in [-0.25, -0.2) is 9.78 Å². The molecule has 13 heteroatoms. The van der Waals surface area contributed by atoms with Crippen molar-refractivity contribution in [1.29, 1.82) is 0 Å². The first-order valence-corrected chi connectivity index (χ1v) is 12.8. The average Bonchev–Trinajstić information content (AvgIpc) is 3.67. The highest BCUT2D eigenvalue weighted by Crippen LogP contribution is 2.40. The van der Waals surface area contributed by atoms with E-state index in [1.54, 1.807) is 46.5 Å². The molecule has 180 valence electrons. The molecule has 0 radical (unpaired) electrons. The first-order valence-electron chi connectivity index (χ1n) is 10.7. The van der Waals surface area contributed by atoms with Gasteiger partial charge in [0.25, 0.3) is 5.56 Å². The number of rotatable bonds is 5. The zero-order chi connectivity index (χ0) is 25.0. The Balaban J connectivity index is 1.41. The van der Waals surface area contributed by atoms with Gasteiger partial charge in [-0.1, -0.05) is 11.6 Å². The summed E-state index contributed by atoms with van der Waals surface area (Å²) in [7, 11) is 0. The van der Waals surface area contributed by atoms with Crippen molar-refractivity contribution in [3.8, 4) is 28.1 Å². The second-order valence-electron chi connectivity index (χ2n) is 8.18. The van der Waals surface area contributed by atoms with Crippen LogP contribution in [-0.2, 0) is 6.42 Å². The van der Waals surface area contributed by atoms with Crippen LogP contribution in [0.5, 0.6) is 0 Å². The van der Waals surface area contributed by atoms with E-state index in [9.17, 15) is 14.7 Å². The summed E-state index contributed by atoms with van der Waals surface area (Å²) >= 11 is 11.2. The van der Waals surface area contributed by atoms with Crippen molar-refractivity contribution in [2.24, 2.45) is 0 Å². The van der Waals surface area contributed by atoms with Gasteiger partial charge in [0.15, 0.2) is 0 Å². The molecule has 10 nitrogen and oxygen atoms in total. The second-order valence-corrected chi connectivity index (χ2v) is 10.3. The lowest BCUT2D eigenvalue weighted by atomic mass is 10.0. The van der Waals surface area contributed by atoms with Crippen molar-refractivity contribution in [2.75, 3.05) is 0 Å². The SMILES string of the molecule is O=C(O)c1cc(-c2cnc([C@@H]3CCc4c(Br)c(-c5cc(Cl)ccc5-n5cnnn5)cc(=O)n43)[nH]2)cs1. The predicted octanol–water partition coefficient (Wildman–Crippen LogP) is 4.59. The summed E-state index contributed by atoms with van der Waals surface area (Å²) in [4.78, 5) is 32.7. The lowest BCUT2D eigenvalue weighted by Crippen LogP contribution is -2.24. The molecule has 2 N–H and O–H groups in total. The van der Waals surface area contributed by atoms with E-state index in [1.165, 1.54) is 11.0 Å². The number of aromatic nitrogens is 7. The Morgan fingerprint density at radius 3 is 2.86 bits per heavy atom. The maximum absolute atomic E-state index is 13.4. The molecule has 0 unspecified atom stereocenters. The number of carbonyl (C=O) groups is 1. The lowest BCUT2D eigenvalue weighted by Gasteiger charge is -2.17. The maximum atomic E-state index is 13.4. The monoisotopic (exact) mass is 583 g/mol. The first kappa shape index (κ1) is 22.8. The fourth-order valence-electron chi connectivity index (χ4n) is 4.52. The third-order valence-electron chi connectivity index (χ3n) is 6.13. The Morgan fingerprint density at radius 1 is 1.25 bits per heavy atom. The minimum absolute atomic E-state index is 0.171. The number of halogens is 2. The molecule has 5 aromatic rings. The number of H-pyrrole nitrogens is 1. The predicted molar refractivity (Wildman–Crippen MR) is 137 cm³/mol. The van der Waals surface area contributed by atoms with E-state index in [2.05, 4.69) is 41.4 Å². The molecule has 36 heavy (non-hydrogen) atoms. The van der Waals surface area contributed by atoms with Crippen LogP contribution in [0, 0.1) is 0 Å². The van der Waals surface area contributed by atoms with E-state index >= 15 is 0 Å². The number of aromatic amines is 1. The van der Waals surface area contributed by atoms with Crippen LogP contribution in [0.4, 0.5) is 0 Å². The van der Waals surface area contributed by atoms with Crippen LogP contribution in [0.1, 0.15) is 33.7 Å². The third-order valence-corrected chi connectivity index (χ3v) is 8.17. The second kappa shape index (κ2) is 8.80. The van der Waals surface area contributed by atoms with Gasteiger partial charge in [0.05, 0.1) is 23.6 Å². The number of benzene rings is 1. The van der Waals surface area contributed by atoms with Crippen LogP contribution in [0.2, 0.25) is 5.02 Å². The van der Waals surface area contributed by atoms with Gasteiger partial charge >= 0.3 is 5.97 Å². The molecule has 1 aliphatic heterocycles. The summed E-state index contributed by atoms with van der Waals surface area (Å²) in [5.41, 5.74) is 4.24. The van der Waals surface area contributed by atoms with Gasteiger partial charge in [0, 0.05) is 43.3 Å².